The third-order valence-corrected chi connectivity index (χ3v) is 11.2. The summed E-state index contributed by atoms with van der Waals surface area (Å²) >= 11 is 0. The lowest BCUT2D eigenvalue weighted by atomic mass is 9.96. The summed E-state index contributed by atoms with van der Waals surface area (Å²) in [4.78, 5) is 57.1. The molecule has 7 rings (SSSR count). The zero-order chi connectivity index (χ0) is 45.9. The third kappa shape index (κ3) is 11.6. The van der Waals surface area contributed by atoms with E-state index in [1.165, 1.54) is 6.92 Å². The van der Waals surface area contributed by atoms with E-state index in [0.29, 0.717) is 0 Å². The summed E-state index contributed by atoms with van der Waals surface area (Å²) < 4.78 is 56.6. The summed E-state index contributed by atoms with van der Waals surface area (Å²) in [5.74, 6) is -2.96. The van der Waals surface area contributed by atoms with E-state index in [9.17, 15) is 24.3 Å². The number of amides is 1. The summed E-state index contributed by atoms with van der Waals surface area (Å²) in [5.41, 5.74) is 1.21. The van der Waals surface area contributed by atoms with Gasteiger partial charge in [0.25, 0.3) is 6.02 Å². The fourth-order valence-electron chi connectivity index (χ4n) is 8.24. The van der Waals surface area contributed by atoms with E-state index >= 15 is 0 Å². The predicted molar refractivity (Wildman–Crippen MR) is 231 cm³/mol. The van der Waals surface area contributed by atoms with Gasteiger partial charge in [-0.3, -0.25) is 19.2 Å². The van der Waals surface area contributed by atoms with Crippen molar-refractivity contribution in [1.82, 2.24) is 4.90 Å². The average molecular weight is 895 g/mol. The SMILES string of the molecule is CC(=O)OC[C@]1(O)[C@@H]2N=C(N(C(C)=O)[C@H]3O[C@H](COCc4ccccc4)[C@@H](OCc4ccccc4)[C@H](OCc4ccccc4)[C@H]3OCc3ccccc3)O[C@@H]2[C@@H](OC(C)=O)[C@@H]1OC(C)=O. The number of amidine groups is 1. The Balaban J connectivity index is 1.31. The maximum absolute atomic E-state index is 14.2. The summed E-state index contributed by atoms with van der Waals surface area (Å²) in [6.07, 6.45) is -9.52. The minimum atomic E-state index is -2.28. The van der Waals surface area contributed by atoms with Crippen molar-refractivity contribution in [2.75, 3.05) is 13.2 Å². The molecular formula is C49H54N2O14. The second kappa shape index (κ2) is 21.8. The van der Waals surface area contributed by atoms with Crippen molar-refractivity contribution in [1.29, 1.82) is 0 Å². The lowest BCUT2D eigenvalue weighted by Gasteiger charge is -2.48. The normalized spacial score (nSPS) is 26.8. The first-order valence-electron chi connectivity index (χ1n) is 21.4. The maximum atomic E-state index is 14.2. The highest BCUT2D eigenvalue weighted by Gasteiger charge is 2.69. The van der Waals surface area contributed by atoms with Gasteiger partial charge in [0.15, 0.2) is 30.1 Å². The Hall–Kier alpha value is -6.01. The molecule has 0 bridgehead atoms. The Kier molecular flexibility index (Phi) is 15.7. The molecule has 16 nitrogen and oxygen atoms in total. The van der Waals surface area contributed by atoms with Crippen LogP contribution >= 0.6 is 0 Å². The molecule has 0 aromatic heterocycles. The second-order valence-electron chi connectivity index (χ2n) is 16.1. The van der Waals surface area contributed by atoms with E-state index in [2.05, 4.69) is 0 Å². The molecule has 4 aromatic rings. The molecule has 65 heavy (non-hydrogen) atoms. The van der Waals surface area contributed by atoms with Crippen LogP contribution in [0.5, 0.6) is 0 Å². The largest absolute Gasteiger partial charge is 0.463 e. The smallest absolute Gasteiger partial charge is 0.303 e. The Morgan fingerprint density at radius 2 is 1.09 bits per heavy atom. The second-order valence-corrected chi connectivity index (χ2v) is 16.1. The van der Waals surface area contributed by atoms with Gasteiger partial charge in [-0.15, -0.1) is 0 Å². The van der Waals surface area contributed by atoms with Crippen LogP contribution in [0, 0.1) is 0 Å². The van der Waals surface area contributed by atoms with Crippen molar-refractivity contribution in [3.8, 4) is 0 Å². The van der Waals surface area contributed by atoms with Gasteiger partial charge in [-0.05, 0) is 22.3 Å². The van der Waals surface area contributed by atoms with Crippen LogP contribution in [0.2, 0.25) is 0 Å². The highest BCUT2D eigenvalue weighted by Crippen LogP contribution is 2.44. The molecular weight excluding hydrogens is 841 g/mol. The Morgan fingerprint density at radius 3 is 1.57 bits per heavy atom. The molecule has 2 fully saturated rings. The van der Waals surface area contributed by atoms with E-state index in [1.54, 1.807) is 0 Å². The number of esters is 3. The number of ether oxygens (including phenoxy) is 9. The maximum Gasteiger partial charge on any atom is 0.303 e. The average Bonchev–Trinajstić information content (AvgIpc) is 3.81. The molecule has 1 aliphatic carbocycles. The van der Waals surface area contributed by atoms with Crippen molar-refractivity contribution in [2.24, 2.45) is 4.99 Å². The first-order valence-corrected chi connectivity index (χ1v) is 21.4. The van der Waals surface area contributed by atoms with Crippen molar-refractivity contribution >= 4 is 29.8 Å². The number of aliphatic imine (C=N–C) groups is 1. The molecule has 1 N–H and O–H groups in total. The molecule has 0 unspecified atom stereocenters. The van der Waals surface area contributed by atoms with Crippen molar-refractivity contribution in [2.45, 2.75) is 115 Å². The zero-order valence-electron chi connectivity index (χ0n) is 36.6. The Bertz CT molecular complexity index is 2230. The van der Waals surface area contributed by atoms with Gasteiger partial charge in [0.05, 0.1) is 33.0 Å². The Labute approximate surface area is 377 Å². The van der Waals surface area contributed by atoms with Gasteiger partial charge < -0.3 is 47.7 Å². The van der Waals surface area contributed by atoms with E-state index in [-0.39, 0.29) is 39.1 Å². The number of hydrogen-bond acceptors (Lipinski definition) is 15. The molecule has 4 aromatic carbocycles. The van der Waals surface area contributed by atoms with Crippen LogP contribution in [-0.2, 0) is 88.2 Å². The van der Waals surface area contributed by atoms with Gasteiger partial charge in [0.1, 0.15) is 37.1 Å². The number of benzene rings is 4. The fourth-order valence-corrected chi connectivity index (χ4v) is 8.24. The van der Waals surface area contributed by atoms with Crippen LogP contribution < -0.4 is 0 Å². The van der Waals surface area contributed by atoms with Crippen LogP contribution in [0.4, 0.5) is 0 Å². The van der Waals surface area contributed by atoms with Crippen LogP contribution in [0.3, 0.4) is 0 Å². The molecule has 10 atom stereocenters. The number of fused-ring (bicyclic) bond motifs is 1. The minimum Gasteiger partial charge on any atom is -0.463 e. The molecule has 344 valence electrons. The molecule has 2 aliphatic heterocycles. The van der Waals surface area contributed by atoms with Gasteiger partial charge in [0, 0.05) is 27.7 Å². The van der Waals surface area contributed by atoms with Crippen molar-refractivity contribution < 1.29 is 66.9 Å². The number of rotatable bonds is 18. The monoisotopic (exact) mass is 894 g/mol. The van der Waals surface area contributed by atoms with Gasteiger partial charge in [-0.25, -0.2) is 9.89 Å². The molecule has 2 heterocycles. The molecule has 1 saturated heterocycles. The molecule has 3 aliphatic rings. The molecule has 0 radical (unpaired) electrons. The minimum absolute atomic E-state index is 0.0213. The third-order valence-electron chi connectivity index (χ3n) is 11.2. The zero-order valence-corrected chi connectivity index (χ0v) is 36.6. The van der Waals surface area contributed by atoms with E-state index in [4.69, 9.17) is 47.6 Å². The number of hydrogen-bond donors (Lipinski definition) is 1. The van der Waals surface area contributed by atoms with Gasteiger partial charge in [-0.2, -0.15) is 0 Å². The van der Waals surface area contributed by atoms with Crippen LogP contribution in [-0.4, -0.2) is 114 Å². The first kappa shape index (κ1) is 47.0. The van der Waals surface area contributed by atoms with E-state index in [0.717, 1.165) is 47.9 Å². The quantitative estimate of drug-likeness (QED) is 0.106. The molecule has 16 heteroatoms. The molecule has 0 spiro atoms. The van der Waals surface area contributed by atoms with E-state index in [1.807, 2.05) is 121 Å². The van der Waals surface area contributed by atoms with E-state index < -0.39 is 91.0 Å². The van der Waals surface area contributed by atoms with Crippen LogP contribution in [0.25, 0.3) is 0 Å². The highest BCUT2D eigenvalue weighted by molar-refractivity contribution is 5.94. The number of carbonyl (C=O) groups is 4. The van der Waals surface area contributed by atoms with Crippen LogP contribution in [0.1, 0.15) is 49.9 Å². The van der Waals surface area contributed by atoms with Gasteiger partial charge in [0.2, 0.25) is 5.91 Å². The predicted octanol–water partition coefficient (Wildman–Crippen LogP) is 4.83. The first-order chi connectivity index (χ1) is 31.4. The van der Waals surface area contributed by atoms with Gasteiger partial charge in [-0.1, -0.05) is 121 Å². The lowest BCUT2D eigenvalue weighted by Crippen LogP contribution is -2.66. The van der Waals surface area contributed by atoms with Crippen molar-refractivity contribution in [3.05, 3.63) is 144 Å². The standard InChI is InChI=1S/C49H54N2O14/c1-31(52)51(48-50-45-42(65-48)43(62-33(3)54)46(63-34(4)55)49(45,56)30-61-32(2)53)47-44(60-28-38-23-15-8-16-24-38)41(59-27-37-21-13-7-14-22-37)40(58-26-36-19-11-6-12-20-36)39(64-47)29-57-25-35-17-9-5-10-18-35/h5-24,39-47,56H,25-30H2,1-4H3/t39-,40-,41+,42-,43-,44-,45-,46+,47+,49+/m1/s1. The van der Waals surface area contributed by atoms with Crippen LogP contribution in [0.15, 0.2) is 126 Å². The summed E-state index contributed by atoms with van der Waals surface area (Å²) in [6.45, 7) is 4.51. The van der Waals surface area contributed by atoms with Gasteiger partial charge >= 0.3 is 17.9 Å². The Morgan fingerprint density at radius 1 is 0.615 bits per heavy atom. The highest BCUT2D eigenvalue weighted by atomic mass is 16.7. The lowest BCUT2D eigenvalue weighted by molar-refractivity contribution is -0.291. The topological polar surface area (TPSA) is 187 Å². The van der Waals surface area contributed by atoms with Crippen molar-refractivity contribution in [3.63, 3.8) is 0 Å². The number of nitrogens with zero attached hydrogens (tertiary/aromatic N) is 2. The number of carbonyl (C=O) groups excluding carboxylic acids is 4. The number of aliphatic hydroxyl groups is 1. The fraction of sp³-hybridized carbons (Fsp3) is 0.408. The molecule has 1 saturated carbocycles. The molecule has 1 amide bonds. The summed E-state index contributed by atoms with van der Waals surface area (Å²) in [5, 5.41) is 12.3. The summed E-state index contributed by atoms with van der Waals surface area (Å²) in [6, 6.07) is 36.5. The summed E-state index contributed by atoms with van der Waals surface area (Å²) in [7, 11) is 0.